The topological polar surface area (TPSA) is 62.6 Å². The number of thioether (sulfide) groups is 1. The van der Waals surface area contributed by atoms with E-state index in [1.54, 1.807) is 32.0 Å². The normalized spacial score (nSPS) is 10.9. The summed E-state index contributed by atoms with van der Waals surface area (Å²) in [6, 6.07) is 18.7. The molecule has 0 aliphatic carbocycles. The van der Waals surface area contributed by atoms with E-state index in [4.69, 9.17) is 30.8 Å². The Balaban J connectivity index is 1.77. The summed E-state index contributed by atoms with van der Waals surface area (Å²) >= 11 is 7.51. The Labute approximate surface area is 201 Å². The first kappa shape index (κ1) is 23.0. The van der Waals surface area contributed by atoms with Crippen LogP contribution < -0.4 is 19.8 Å². The summed E-state index contributed by atoms with van der Waals surface area (Å²) in [4.78, 5) is 18.2. The highest BCUT2D eigenvalue weighted by molar-refractivity contribution is 7.98. The number of aromatic nitrogens is 2. The Morgan fingerprint density at radius 2 is 1.58 bits per heavy atom. The number of methoxy groups -OCH3 is 3. The molecular weight excluding hydrogens is 460 g/mol. The number of hydrogen-bond donors (Lipinski definition) is 0. The van der Waals surface area contributed by atoms with E-state index in [1.807, 2.05) is 54.6 Å². The number of benzene rings is 3. The van der Waals surface area contributed by atoms with Crippen molar-refractivity contribution in [3.05, 3.63) is 87.2 Å². The number of nitrogens with zero attached hydrogens (tertiary/aromatic N) is 2. The Hall–Kier alpha value is -3.16. The van der Waals surface area contributed by atoms with Crippen LogP contribution in [0.5, 0.6) is 17.2 Å². The lowest BCUT2D eigenvalue weighted by atomic mass is 10.1. The van der Waals surface area contributed by atoms with Gasteiger partial charge in [-0.2, -0.15) is 0 Å². The van der Waals surface area contributed by atoms with Crippen molar-refractivity contribution in [2.24, 2.45) is 0 Å². The second-order valence-corrected chi connectivity index (χ2v) is 8.63. The lowest BCUT2D eigenvalue weighted by molar-refractivity contribution is 0.323. The van der Waals surface area contributed by atoms with Gasteiger partial charge in [-0.05, 0) is 47.5 Å². The first-order valence-corrected chi connectivity index (χ1v) is 11.6. The zero-order valence-corrected chi connectivity index (χ0v) is 20.1. The molecule has 0 aliphatic heterocycles. The number of halogens is 1. The van der Waals surface area contributed by atoms with E-state index in [9.17, 15) is 4.79 Å². The van der Waals surface area contributed by atoms with Crippen LogP contribution in [0.4, 0.5) is 0 Å². The van der Waals surface area contributed by atoms with Crippen molar-refractivity contribution in [2.45, 2.75) is 17.5 Å². The maximum atomic E-state index is 13.4. The highest BCUT2D eigenvalue weighted by Crippen LogP contribution is 2.38. The van der Waals surface area contributed by atoms with Crippen LogP contribution in [0, 0.1) is 0 Å². The monoisotopic (exact) mass is 482 g/mol. The molecule has 0 fully saturated rings. The van der Waals surface area contributed by atoms with E-state index < -0.39 is 0 Å². The van der Waals surface area contributed by atoms with Crippen LogP contribution in [0.15, 0.2) is 70.6 Å². The van der Waals surface area contributed by atoms with Crippen molar-refractivity contribution in [3.8, 4) is 17.2 Å². The Morgan fingerprint density at radius 1 is 0.909 bits per heavy atom. The van der Waals surface area contributed by atoms with Gasteiger partial charge in [0.2, 0.25) is 5.75 Å². The predicted octanol–water partition coefficient (Wildman–Crippen LogP) is 5.42. The SMILES string of the molecule is COc1cc(Cn2c(SCc3ccc(Cl)cc3)nc3ccccc3c2=O)cc(OC)c1OC. The van der Waals surface area contributed by atoms with Gasteiger partial charge in [-0.1, -0.05) is 47.6 Å². The molecule has 6 nitrogen and oxygen atoms in total. The number of ether oxygens (including phenoxy) is 3. The van der Waals surface area contributed by atoms with Crippen LogP contribution in [0.3, 0.4) is 0 Å². The largest absolute Gasteiger partial charge is 0.493 e. The molecule has 4 rings (SSSR count). The van der Waals surface area contributed by atoms with Gasteiger partial charge in [0.25, 0.3) is 5.56 Å². The number of hydrogen-bond acceptors (Lipinski definition) is 6. The molecular formula is C25H23ClN2O4S. The molecule has 3 aromatic carbocycles. The molecule has 0 atom stereocenters. The van der Waals surface area contributed by atoms with E-state index in [0.29, 0.717) is 50.6 Å². The van der Waals surface area contributed by atoms with E-state index in [1.165, 1.54) is 11.8 Å². The minimum atomic E-state index is -0.104. The fourth-order valence-electron chi connectivity index (χ4n) is 3.54. The molecule has 1 aromatic heterocycles. The quantitative estimate of drug-likeness (QED) is 0.247. The van der Waals surface area contributed by atoms with Crippen LogP contribution in [-0.2, 0) is 12.3 Å². The third-order valence-corrected chi connectivity index (χ3v) is 6.47. The summed E-state index contributed by atoms with van der Waals surface area (Å²) in [5, 5.41) is 1.88. The molecule has 1 heterocycles. The van der Waals surface area contributed by atoms with E-state index in [2.05, 4.69) is 0 Å². The summed E-state index contributed by atoms with van der Waals surface area (Å²) in [5.74, 6) is 2.22. The van der Waals surface area contributed by atoms with E-state index >= 15 is 0 Å². The third kappa shape index (κ3) is 4.94. The average Bonchev–Trinajstić information content (AvgIpc) is 2.85. The Bertz CT molecular complexity index is 1310. The molecule has 0 saturated carbocycles. The van der Waals surface area contributed by atoms with Crippen molar-refractivity contribution < 1.29 is 14.2 Å². The lowest BCUT2D eigenvalue weighted by Crippen LogP contribution is -2.24. The van der Waals surface area contributed by atoms with Gasteiger partial charge in [0.15, 0.2) is 16.7 Å². The van der Waals surface area contributed by atoms with Gasteiger partial charge in [-0.15, -0.1) is 0 Å². The molecule has 8 heteroatoms. The number of fused-ring (bicyclic) bond motifs is 1. The van der Waals surface area contributed by atoms with Crippen molar-refractivity contribution in [3.63, 3.8) is 0 Å². The smallest absolute Gasteiger partial charge is 0.262 e. The van der Waals surface area contributed by atoms with Gasteiger partial charge in [-0.25, -0.2) is 4.98 Å². The van der Waals surface area contributed by atoms with Gasteiger partial charge in [0, 0.05) is 10.8 Å². The van der Waals surface area contributed by atoms with Crippen molar-refractivity contribution in [1.82, 2.24) is 9.55 Å². The van der Waals surface area contributed by atoms with Gasteiger partial charge in [0.05, 0.1) is 38.8 Å². The fraction of sp³-hybridized carbons (Fsp3) is 0.200. The van der Waals surface area contributed by atoms with E-state index in [-0.39, 0.29) is 5.56 Å². The molecule has 0 spiro atoms. The van der Waals surface area contributed by atoms with Crippen LogP contribution in [0.25, 0.3) is 10.9 Å². The first-order valence-electron chi connectivity index (χ1n) is 10.2. The molecule has 0 unspecified atom stereocenters. The van der Waals surface area contributed by atoms with E-state index in [0.717, 1.165) is 11.1 Å². The predicted molar refractivity (Wildman–Crippen MR) is 132 cm³/mol. The molecule has 33 heavy (non-hydrogen) atoms. The molecule has 0 amide bonds. The summed E-state index contributed by atoms with van der Waals surface area (Å²) in [6.07, 6.45) is 0. The van der Waals surface area contributed by atoms with Gasteiger partial charge in [-0.3, -0.25) is 9.36 Å². The lowest BCUT2D eigenvalue weighted by Gasteiger charge is -2.17. The van der Waals surface area contributed by atoms with Crippen molar-refractivity contribution in [1.29, 1.82) is 0 Å². The molecule has 0 aliphatic rings. The zero-order valence-electron chi connectivity index (χ0n) is 18.5. The van der Waals surface area contributed by atoms with Gasteiger partial charge in [0.1, 0.15) is 0 Å². The second-order valence-electron chi connectivity index (χ2n) is 7.25. The maximum absolute atomic E-state index is 13.4. The standard InChI is InChI=1S/C25H23ClN2O4S/c1-30-21-12-17(13-22(31-2)23(21)32-3)14-28-24(29)19-6-4-5-7-20(19)27-25(28)33-15-16-8-10-18(26)11-9-16/h4-13H,14-15H2,1-3H3. The fourth-order valence-corrected chi connectivity index (χ4v) is 4.62. The third-order valence-electron chi connectivity index (χ3n) is 5.17. The summed E-state index contributed by atoms with van der Waals surface area (Å²) < 4.78 is 18.1. The molecule has 0 saturated heterocycles. The summed E-state index contributed by atoms with van der Waals surface area (Å²) in [5.41, 5.74) is 2.48. The zero-order chi connectivity index (χ0) is 23.4. The first-order chi connectivity index (χ1) is 16.0. The molecule has 4 aromatic rings. The Morgan fingerprint density at radius 3 is 2.21 bits per heavy atom. The molecule has 0 N–H and O–H groups in total. The second kappa shape index (κ2) is 10.2. The highest BCUT2D eigenvalue weighted by Gasteiger charge is 2.17. The van der Waals surface area contributed by atoms with Crippen LogP contribution in [0.1, 0.15) is 11.1 Å². The number of para-hydroxylation sites is 1. The van der Waals surface area contributed by atoms with Crippen molar-refractivity contribution in [2.75, 3.05) is 21.3 Å². The summed E-state index contributed by atoms with van der Waals surface area (Å²) in [7, 11) is 4.69. The van der Waals surface area contributed by atoms with Gasteiger partial charge >= 0.3 is 0 Å². The minimum absolute atomic E-state index is 0.104. The Kier molecular flexibility index (Phi) is 7.11. The van der Waals surface area contributed by atoms with Crippen LogP contribution in [-0.4, -0.2) is 30.9 Å². The van der Waals surface area contributed by atoms with Gasteiger partial charge < -0.3 is 14.2 Å². The minimum Gasteiger partial charge on any atom is -0.493 e. The maximum Gasteiger partial charge on any atom is 0.262 e. The molecule has 0 radical (unpaired) electrons. The summed E-state index contributed by atoms with van der Waals surface area (Å²) in [6.45, 7) is 0.302. The molecule has 0 bridgehead atoms. The molecule has 170 valence electrons. The van der Waals surface area contributed by atoms with Crippen LogP contribution >= 0.6 is 23.4 Å². The number of rotatable bonds is 8. The average molecular weight is 483 g/mol. The highest BCUT2D eigenvalue weighted by atomic mass is 35.5. The van der Waals surface area contributed by atoms with Crippen LogP contribution in [0.2, 0.25) is 5.02 Å². The van der Waals surface area contributed by atoms with Crippen molar-refractivity contribution >= 4 is 34.3 Å².